The minimum absolute atomic E-state index is 0.420. The lowest BCUT2D eigenvalue weighted by Gasteiger charge is -2.13. The molecule has 0 unspecified atom stereocenters. The summed E-state index contributed by atoms with van der Waals surface area (Å²) in [5.74, 6) is 0.687. The van der Waals surface area contributed by atoms with Gasteiger partial charge in [0.15, 0.2) is 0 Å². The van der Waals surface area contributed by atoms with E-state index in [1.54, 1.807) is 0 Å². The van der Waals surface area contributed by atoms with Crippen molar-refractivity contribution in [2.24, 2.45) is 5.73 Å². The molecule has 2 rings (SSSR count). The van der Waals surface area contributed by atoms with E-state index in [1.807, 2.05) is 55.4 Å². The Hall–Kier alpha value is -1.94. The molecule has 1 heterocycles. The Labute approximate surface area is 101 Å². The van der Waals surface area contributed by atoms with E-state index in [4.69, 9.17) is 5.73 Å². The summed E-state index contributed by atoms with van der Waals surface area (Å²) in [4.78, 5) is 10.8. The molecule has 0 aliphatic rings. The molecule has 0 fully saturated rings. The van der Waals surface area contributed by atoms with Crippen LogP contribution in [0, 0.1) is 0 Å². The van der Waals surface area contributed by atoms with Crippen LogP contribution in [0.3, 0.4) is 0 Å². The molecule has 0 saturated heterocycles. The number of hydrogen-bond donors (Lipinski definition) is 1. The fourth-order valence-corrected chi connectivity index (χ4v) is 1.54. The predicted molar refractivity (Wildman–Crippen MR) is 69.7 cm³/mol. The first-order valence-electron chi connectivity index (χ1n) is 5.51. The van der Waals surface area contributed by atoms with E-state index in [9.17, 15) is 0 Å². The Bertz CT molecular complexity index is 494. The van der Waals surface area contributed by atoms with Crippen molar-refractivity contribution >= 4 is 5.95 Å². The summed E-state index contributed by atoms with van der Waals surface area (Å²) < 4.78 is 0. The van der Waals surface area contributed by atoms with Gasteiger partial charge in [-0.25, -0.2) is 9.97 Å². The zero-order valence-electron chi connectivity index (χ0n) is 10.1. The first-order valence-corrected chi connectivity index (χ1v) is 5.51. The lowest BCUT2D eigenvalue weighted by Crippen LogP contribution is -2.15. The fourth-order valence-electron chi connectivity index (χ4n) is 1.54. The molecule has 4 nitrogen and oxygen atoms in total. The molecule has 17 heavy (non-hydrogen) atoms. The van der Waals surface area contributed by atoms with Crippen molar-refractivity contribution in [3.63, 3.8) is 0 Å². The SMILES string of the molecule is CN(C)c1nc(CN)cc(-c2ccccc2)n1. The van der Waals surface area contributed by atoms with Crippen molar-refractivity contribution in [1.82, 2.24) is 9.97 Å². The van der Waals surface area contributed by atoms with Gasteiger partial charge in [0, 0.05) is 26.2 Å². The maximum atomic E-state index is 5.66. The van der Waals surface area contributed by atoms with Gasteiger partial charge in [0.2, 0.25) is 5.95 Å². The number of nitrogens with two attached hydrogens (primary N) is 1. The molecule has 4 heteroatoms. The predicted octanol–water partition coefficient (Wildman–Crippen LogP) is 1.67. The normalized spacial score (nSPS) is 10.3. The molecule has 2 aromatic rings. The van der Waals surface area contributed by atoms with E-state index in [1.165, 1.54) is 0 Å². The summed E-state index contributed by atoms with van der Waals surface area (Å²) in [6, 6.07) is 12.0. The van der Waals surface area contributed by atoms with E-state index in [0.29, 0.717) is 12.5 Å². The van der Waals surface area contributed by atoms with E-state index >= 15 is 0 Å². The zero-order chi connectivity index (χ0) is 12.3. The van der Waals surface area contributed by atoms with Gasteiger partial charge in [0.1, 0.15) is 0 Å². The quantitative estimate of drug-likeness (QED) is 0.868. The molecular weight excluding hydrogens is 212 g/mol. The number of nitrogens with zero attached hydrogens (tertiary/aromatic N) is 3. The van der Waals surface area contributed by atoms with Gasteiger partial charge in [0.05, 0.1) is 11.4 Å². The standard InChI is InChI=1S/C13H16N4/c1-17(2)13-15-11(9-14)8-12(16-13)10-6-4-3-5-7-10/h3-8H,9,14H2,1-2H3. The molecule has 1 aromatic carbocycles. The number of rotatable bonds is 3. The average Bonchev–Trinajstić information content (AvgIpc) is 2.39. The van der Waals surface area contributed by atoms with Crippen LogP contribution in [0.4, 0.5) is 5.95 Å². The molecule has 0 saturated carbocycles. The van der Waals surface area contributed by atoms with Gasteiger partial charge in [-0.1, -0.05) is 30.3 Å². The van der Waals surface area contributed by atoms with E-state index in [0.717, 1.165) is 17.0 Å². The maximum absolute atomic E-state index is 5.66. The van der Waals surface area contributed by atoms with E-state index in [2.05, 4.69) is 9.97 Å². The molecule has 88 valence electrons. The topological polar surface area (TPSA) is 55.0 Å². The van der Waals surface area contributed by atoms with Crippen LogP contribution in [0.5, 0.6) is 0 Å². The van der Waals surface area contributed by atoms with Crippen LogP contribution in [0.1, 0.15) is 5.69 Å². The zero-order valence-corrected chi connectivity index (χ0v) is 10.1. The van der Waals surface area contributed by atoms with Crippen LogP contribution >= 0.6 is 0 Å². The first kappa shape index (κ1) is 11.5. The summed E-state index contributed by atoms with van der Waals surface area (Å²) in [6.45, 7) is 0.420. The monoisotopic (exact) mass is 228 g/mol. The Morgan fingerprint density at radius 3 is 2.41 bits per heavy atom. The van der Waals surface area contributed by atoms with Gasteiger partial charge < -0.3 is 10.6 Å². The van der Waals surface area contributed by atoms with Crippen LogP contribution in [0.25, 0.3) is 11.3 Å². The highest BCUT2D eigenvalue weighted by molar-refractivity contribution is 5.60. The van der Waals surface area contributed by atoms with E-state index in [-0.39, 0.29) is 0 Å². The molecule has 2 N–H and O–H groups in total. The van der Waals surface area contributed by atoms with Crippen molar-refractivity contribution in [2.75, 3.05) is 19.0 Å². The Kier molecular flexibility index (Phi) is 3.35. The Morgan fingerprint density at radius 1 is 1.12 bits per heavy atom. The van der Waals surface area contributed by atoms with Crippen molar-refractivity contribution in [2.45, 2.75) is 6.54 Å². The lowest BCUT2D eigenvalue weighted by molar-refractivity contribution is 0.925. The number of anilines is 1. The highest BCUT2D eigenvalue weighted by Crippen LogP contribution is 2.19. The maximum Gasteiger partial charge on any atom is 0.225 e. The molecule has 0 spiro atoms. The van der Waals surface area contributed by atoms with Gasteiger partial charge in [-0.2, -0.15) is 0 Å². The molecule has 0 radical (unpaired) electrons. The first-order chi connectivity index (χ1) is 8.20. The van der Waals surface area contributed by atoms with Gasteiger partial charge in [-0.3, -0.25) is 0 Å². The van der Waals surface area contributed by atoms with Gasteiger partial charge in [-0.05, 0) is 6.07 Å². The molecule has 0 bridgehead atoms. The van der Waals surface area contributed by atoms with Crippen molar-refractivity contribution in [3.05, 3.63) is 42.1 Å². The Balaban J connectivity index is 2.50. The summed E-state index contributed by atoms with van der Waals surface area (Å²) in [6.07, 6.45) is 0. The average molecular weight is 228 g/mol. The molecule has 0 aliphatic heterocycles. The third-order valence-electron chi connectivity index (χ3n) is 2.45. The highest BCUT2D eigenvalue weighted by Gasteiger charge is 2.06. The van der Waals surface area contributed by atoms with Crippen LogP contribution in [0.15, 0.2) is 36.4 Å². The third-order valence-corrected chi connectivity index (χ3v) is 2.45. The van der Waals surface area contributed by atoms with Crippen molar-refractivity contribution in [3.8, 4) is 11.3 Å². The summed E-state index contributed by atoms with van der Waals surface area (Å²) in [5.41, 5.74) is 8.49. The highest BCUT2D eigenvalue weighted by atomic mass is 15.2. The van der Waals surface area contributed by atoms with Crippen LogP contribution in [0.2, 0.25) is 0 Å². The van der Waals surface area contributed by atoms with E-state index < -0.39 is 0 Å². The third kappa shape index (κ3) is 2.60. The molecular formula is C13H16N4. The van der Waals surface area contributed by atoms with Crippen LogP contribution in [-0.2, 0) is 6.54 Å². The molecule has 0 aliphatic carbocycles. The van der Waals surface area contributed by atoms with Crippen LogP contribution < -0.4 is 10.6 Å². The largest absolute Gasteiger partial charge is 0.347 e. The van der Waals surface area contributed by atoms with Crippen molar-refractivity contribution in [1.29, 1.82) is 0 Å². The summed E-state index contributed by atoms with van der Waals surface area (Å²) in [7, 11) is 3.84. The van der Waals surface area contributed by atoms with Crippen molar-refractivity contribution < 1.29 is 0 Å². The fraction of sp³-hybridized carbons (Fsp3) is 0.231. The molecule has 0 atom stereocenters. The minimum atomic E-state index is 0.420. The number of hydrogen-bond acceptors (Lipinski definition) is 4. The van der Waals surface area contributed by atoms with Gasteiger partial charge in [0.25, 0.3) is 0 Å². The Morgan fingerprint density at radius 2 is 1.82 bits per heavy atom. The summed E-state index contributed by atoms with van der Waals surface area (Å²) in [5, 5.41) is 0. The summed E-state index contributed by atoms with van der Waals surface area (Å²) >= 11 is 0. The van der Waals surface area contributed by atoms with Crippen LogP contribution in [-0.4, -0.2) is 24.1 Å². The smallest absolute Gasteiger partial charge is 0.225 e. The lowest BCUT2D eigenvalue weighted by atomic mass is 10.1. The minimum Gasteiger partial charge on any atom is -0.347 e. The second kappa shape index (κ2) is 4.93. The van der Waals surface area contributed by atoms with Gasteiger partial charge in [-0.15, -0.1) is 0 Å². The number of aromatic nitrogens is 2. The van der Waals surface area contributed by atoms with Gasteiger partial charge >= 0.3 is 0 Å². The molecule has 0 amide bonds. The second-order valence-electron chi connectivity index (χ2n) is 4.01. The second-order valence-corrected chi connectivity index (χ2v) is 4.01. The molecule has 1 aromatic heterocycles. The number of benzene rings is 1.